The van der Waals surface area contributed by atoms with Crippen LogP contribution in [0.1, 0.15) is 13.8 Å². The molecule has 0 saturated heterocycles. The molecule has 4 nitrogen and oxygen atoms in total. The summed E-state index contributed by atoms with van der Waals surface area (Å²) in [5.41, 5.74) is 1.96. The van der Waals surface area contributed by atoms with E-state index in [4.69, 9.17) is 8.85 Å². The zero-order chi connectivity index (χ0) is 15.0. The Balaban J connectivity index is 2.23. The summed E-state index contributed by atoms with van der Waals surface area (Å²) in [6, 6.07) is 20.0. The lowest BCUT2D eigenvalue weighted by atomic mass is 10.3. The molecule has 0 aliphatic carbocycles. The summed E-state index contributed by atoms with van der Waals surface area (Å²) >= 11 is 0. The molecule has 0 atom stereocenters. The molecule has 2 aromatic carbocycles. The van der Waals surface area contributed by atoms with Gasteiger partial charge in [-0.2, -0.15) is 0 Å². The second kappa shape index (κ2) is 7.83. The quantitative estimate of drug-likeness (QED) is 0.729. The maximum absolute atomic E-state index is 5.97. The van der Waals surface area contributed by atoms with E-state index in [2.05, 4.69) is 9.96 Å². The van der Waals surface area contributed by atoms with E-state index in [0.29, 0.717) is 13.2 Å². The lowest BCUT2D eigenvalue weighted by Gasteiger charge is -2.31. The number of hydrogen-bond acceptors (Lipinski definition) is 4. The van der Waals surface area contributed by atoms with E-state index in [1.807, 2.05) is 74.5 Å². The van der Waals surface area contributed by atoms with Crippen LogP contribution in [0.4, 0.5) is 11.4 Å². The first-order valence-electron chi connectivity index (χ1n) is 7.22. The van der Waals surface area contributed by atoms with Crippen LogP contribution in [0.25, 0.3) is 0 Å². The van der Waals surface area contributed by atoms with Crippen LogP contribution >= 0.6 is 0 Å². The topological polar surface area (TPSA) is 42.5 Å². The van der Waals surface area contributed by atoms with Crippen molar-refractivity contribution >= 4 is 20.3 Å². The zero-order valence-electron chi connectivity index (χ0n) is 12.5. The van der Waals surface area contributed by atoms with Crippen molar-refractivity contribution in [3.05, 3.63) is 60.7 Å². The van der Waals surface area contributed by atoms with Gasteiger partial charge in [0.2, 0.25) is 0 Å². The van der Waals surface area contributed by atoms with Crippen molar-refractivity contribution in [2.45, 2.75) is 13.8 Å². The second-order valence-corrected chi connectivity index (χ2v) is 6.78. The van der Waals surface area contributed by atoms with Gasteiger partial charge < -0.3 is 18.8 Å². The molecule has 0 aliphatic rings. The summed E-state index contributed by atoms with van der Waals surface area (Å²) in [6.45, 7) is 5.10. The van der Waals surface area contributed by atoms with E-state index in [0.717, 1.165) is 11.4 Å². The molecule has 2 aromatic rings. The maximum atomic E-state index is 5.97. The molecule has 0 amide bonds. The van der Waals surface area contributed by atoms with Crippen molar-refractivity contribution in [1.82, 2.24) is 0 Å². The third-order valence-corrected chi connectivity index (χ3v) is 5.49. The molecule has 0 unspecified atom stereocenters. The van der Waals surface area contributed by atoms with Crippen molar-refractivity contribution < 1.29 is 8.85 Å². The van der Waals surface area contributed by atoms with E-state index in [-0.39, 0.29) is 0 Å². The van der Waals surface area contributed by atoms with Gasteiger partial charge in [-0.05, 0) is 38.1 Å². The predicted molar refractivity (Wildman–Crippen MR) is 89.1 cm³/mol. The smallest absolute Gasteiger partial charge is 0.362 e. The molecule has 0 aliphatic heterocycles. The number of anilines is 2. The third-order valence-electron chi connectivity index (χ3n) is 2.86. The molecule has 2 rings (SSSR count). The SMILES string of the molecule is CCO[Si](Nc1ccccc1)(Nc1ccccc1)OCC. The average Bonchev–Trinajstić information content (AvgIpc) is 2.50. The van der Waals surface area contributed by atoms with Gasteiger partial charge >= 0.3 is 8.88 Å². The van der Waals surface area contributed by atoms with Gasteiger partial charge in [-0.15, -0.1) is 0 Å². The van der Waals surface area contributed by atoms with Crippen LogP contribution in [0.3, 0.4) is 0 Å². The molecule has 0 saturated carbocycles. The highest BCUT2D eigenvalue weighted by molar-refractivity contribution is 6.74. The van der Waals surface area contributed by atoms with Crippen molar-refractivity contribution in [3.63, 3.8) is 0 Å². The summed E-state index contributed by atoms with van der Waals surface area (Å²) in [7, 11) is -2.78. The van der Waals surface area contributed by atoms with Gasteiger partial charge in [0.05, 0.1) is 0 Å². The van der Waals surface area contributed by atoms with Gasteiger partial charge in [0.25, 0.3) is 0 Å². The fourth-order valence-electron chi connectivity index (χ4n) is 2.05. The van der Waals surface area contributed by atoms with E-state index in [9.17, 15) is 0 Å². The lowest BCUT2D eigenvalue weighted by molar-refractivity contribution is 0.196. The first-order valence-corrected chi connectivity index (χ1v) is 9.04. The third kappa shape index (κ3) is 4.59. The first-order chi connectivity index (χ1) is 10.3. The summed E-state index contributed by atoms with van der Waals surface area (Å²) in [5, 5.41) is 0. The van der Waals surface area contributed by atoms with Crippen molar-refractivity contribution in [3.8, 4) is 0 Å². The van der Waals surface area contributed by atoms with E-state index in [1.54, 1.807) is 0 Å². The van der Waals surface area contributed by atoms with Crippen LogP contribution < -0.4 is 9.96 Å². The van der Waals surface area contributed by atoms with E-state index in [1.165, 1.54) is 0 Å². The van der Waals surface area contributed by atoms with Gasteiger partial charge in [0.1, 0.15) is 0 Å². The maximum Gasteiger partial charge on any atom is 0.583 e. The van der Waals surface area contributed by atoms with Crippen LogP contribution in [0.15, 0.2) is 60.7 Å². The Morgan fingerprint density at radius 3 is 1.43 bits per heavy atom. The highest BCUT2D eigenvalue weighted by atomic mass is 28.4. The normalized spacial score (nSPS) is 11.1. The minimum atomic E-state index is -2.78. The number of nitrogens with one attached hydrogen (secondary N) is 2. The Bertz CT molecular complexity index is 473. The van der Waals surface area contributed by atoms with Gasteiger partial charge in [-0.1, -0.05) is 36.4 Å². The highest BCUT2D eigenvalue weighted by Crippen LogP contribution is 2.18. The fourth-order valence-corrected chi connectivity index (χ4v) is 4.39. The lowest BCUT2D eigenvalue weighted by Crippen LogP contribution is -2.58. The molecule has 0 aromatic heterocycles. The highest BCUT2D eigenvalue weighted by Gasteiger charge is 2.40. The van der Waals surface area contributed by atoms with Crippen LogP contribution in [-0.4, -0.2) is 22.1 Å². The molecule has 21 heavy (non-hydrogen) atoms. The molecule has 0 bridgehead atoms. The molecule has 2 N–H and O–H groups in total. The Morgan fingerprint density at radius 2 is 1.10 bits per heavy atom. The van der Waals surface area contributed by atoms with Gasteiger partial charge in [0, 0.05) is 24.6 Å². The first kappa shape index (κ1) is 15.6. The molecule has 0 spiro atoms. The van der Waals surface area contributed by atoms with E-state index < -0.39 is 8.88 Å². The van der Waals surface area contributed by atoms with Crippen LogP contribution in [0.5, 0.6) is 0 Å². The number of hydrogen-bond donors (Lipinski definition) is 2. The minimum absolute atomic E-state index is 0.575. The molecular formula is C16H22N2O2Si. The number of benzene rings is 2. The average molecular weight is 302 g/mol. The molecule has 112 valence electrons. The standard InChI is InChI=1S/C16H22N2O2Si/c1-3-19-21(20-4-2,17-15-11-7-5-8-12-15)18-16-13-9-6-10-14-16/h5-14,17-18H,3-4H2,1-2H3. The molecule has 5 heteroatoms. The molecule has 0 heterocycles. The van der Waals surface area contributed by atoms with E-state index >= 15 is 0 Å². The largest absolute Gasteiger partial charge is 0.583 e. The Morgan fingerprint density at radius 1 is 0.714 bits per heavy atom. The number of para-hydroxylation sites is 2. The van der Waals surface area contributed by atoms with Crippen molar-refractivity contribution in [2.75, 3.05) is 23.2 Å². The minimum Gasteiger partial charge on any atom is -0.362 e. The molecule has 0 radical (unpaired) electrons. The Kier molecular flexibility index (Phi) is 5.80. The predicted octanol–water partition coefficient (Wildman–Crippen LogP) is 3.72. The molecule has 0 fully saturated rings. The van der Waals surface area contributed by atoms with Crippen LogP contribution in [0.2, 0.25) is 0 Å². The Labute approximate surface area is 127 Å². The van der Waals surface area contributed by atoms with Crippen molar-refractivity contribution in [2.24, 2.45) is 0 Å². The summed E-state index contributed by atoms with van der Waals surface area (Å²) in [6.07, 6.45) is 0. The van der Waals surface area contributed by atoms with Crippen LogP contribution in [0, 0.1) is 0 Å². The van der Waals surface area contributed by atoms with Crippen molar-refractivity contribution in [1.29, 1.82) is 0 Å². The summed E-state index contributed by atoms with van der Waals surface area (Å²) in [4.78, 5) is 6.85. The van der Waals surface area contributed by atoms with Gasteiger partial charge in [-0.3, -0.25) is 0 Å². The molecular weight excluding hydrogens is 280 g/mol. The fraction of sp³-hybridized carbons (Fsp3) is 0.250. The van der Waals surface area contributed by atoms with Gasteiger partial charge in [0.15, 0.2) is 0 Å². The van der Waals surface area contributed by atoms with Crippen LogP contribution in [-0.2, 0) is 8.85 Å². The zero-order valence-corrected chi connectivity index (χ0v) is 13.5. The second-order valence-electron chi connectivity index (χ2n) is 4.46. The number of rotatable bonds is 8. The van der Waals surface area contributed by atoms with Gasteiger partial charge in [-0.25, -0.2) is 0 Å². The summed E-state index contributed by atoms with van der Waals surface area (Å²) < 4.78 is 11.9. The summed E-state index contributed by atoms with van der Waals surface area (Å²) in [5.74, 6) is 0. The Hall–Kier alpha value is -1.82. The monoisotopic (exact) mass is 302 g/mol.